The molecule has 0 radical (unpaired) electrons. The number of ether oxygens (including phenoxy) is 1. The molecule has 5 heteroatoms. The first-order valence-corrected chi connectivity index (χ1v) is 5.89. The first-order chi connectivity index (χ1) is 8.78. The van der Waals surface area contributed by atoms with E-state index in [1.807, 2.05) is 11.0 Å². The lowest BCUT2D eigenvalue weighted by Crippen LogP contribution is -2.44. The lowest BCUT2D eigenvalue weighted by atomic mass is 10.1. The third-order valence-corrected chi connectivity index (χ3v) is 3.05. The van der Waals surface area contributed by atoms with Crippen molar-refractivity contribution in [1.29, 1.82) is 5.26 Å². The van der Waals surface area contributed by atoms with Gasteiger partial charge in [-0.1, -0.05) is 6.07 Å². The van der Waals surface area contributed by atoms with Gasteiger partial charge in [0.05, 0.1) is 37.2 Å². The number of nitrogens with zero attached hydrogens (tertiary/aromatic N) is 2. The van der Waals surface area contributed by atoms with Crippen molar-refractivity contribution >= 4 is 5.69 Å². The van der Waals surface area contributed by atoms with E-state index in [0.717, 1.165) is 11.3 Å². The molecule has 1 atom stereocenters. The number of nitriles is 1. The minimum atomic E-state index is -0.206. The summed E-state index contributed by atoms with van der Waals surface area (Å²) in [5.74, 6) is 0. The number of benzene rings is 1. The summed E-state index contributed by atoms with van der Waals surface area (Å²) in [5, 5.41) is 27.3. The third kappa shape index (κ3) is 2.62. The van der Waals surface area contributed by atoms with Crippen LogP contribution in [0, 0.1) is 11.3 Å². The molecule has 5 nitrogen and oxygen atoms in total. The van der Waals surface area contributed by atoms with Gasteiger partial charge < -0.3 is 19.8 Å². The van der Waals surface area contributed by atoms with E-state index in [0.29, 0.717) is 25.3 Å². The van der Waals surface area contributed by atoms with Crippen molar-refractivity contribution in [3.63, 3.8) is 0 Å². The van der Waals surface area contributed by atoms with Crippen LogP contribution in [0.1, 0.15) is 11.1 Å². The molecule has 18 heavy (non-hydrogen) atoms. The number of morpholine rings is 1. The van der Waals surface area contributed by atoms with Gasteiger partial charge in [-0.3, -0.25) is 0 Å². The molecular formula is C13H16N2O3. The van der Waals surface area contributed by atoms with Crippen LogP contribution in [0.5, 0.6) is 0 Å². The number of aliphatic hydroxyl groups is 2. The third-order valence-electron chi connectivity index (χ3n) is 3.05. The Balaban J connectivity index is 2.24. The maximum absolute atomic E-state index is 9.15. The molecule has 0 amide bonds. The molecule has 1 aliphatic heterocycles. The Bertz CT molecular complexity index is 456. The molecule has 1 aromatic rings. The molecule has 0 saturated carbocycles. The van der Waals surface area contributed by atoms with Crippen molar-refractivity contribution in [2.45, 2.75) is 12.7 Å². The summed E-state index contributed by atoms with van der Waals surface area (Å²) >= 11 is 0. The van der Waals surface area contributed by atoms with Crippen LogP contribution < -0.4 is 4.90 Å². The highest BCUT2D eigenvalue weighted by Gasteiger charge is 2.21. The van der Waals surface area contributed by atoms with Crippen molar-refractivity contribution in [2.75, 3.05) is 31.2 Å². The van der Waals surface area contributed by atoms with Crippen molar-refractivity contribution in [3.8, 4) is 6.07 Å². The standard InChI is InChI=1S/C13H16N2O3/c14-6-11-5-10(8-16)1-2-13(11)15-3-4-18-12(7-15)9-17/h1-2,5,12,16-17H,3-4,7-9H2. The summed E-state index contributed by atoms with van der Waals surface area (Å²) in [7, 11) is 0. The number of hydrogen-bond donors (Lipinski definition) is 2. The molecule has 1 saturated heterocycles. The van der Waals surface area contributed by atoms with Crippen molar-refractivity contribution in [3.05, 3.63) is 29.3 Å². The molecule has 0 aliphatic carbocycles. The van der Waals surface area contributed by atoms with E-state index >= 15 is 0 Å². The van der Waals surface area contributed by atoms with Crippen molar-refractivity contribution in [1.82, 2.24) is 0 Å². The number of aliphatic hydroxyl groups excluding tert-OH is 2. The lowest BCUT2D eigenvalue weighted by Gasteiger charge is -2.34. The molecule has 0 aromatic heterocycles. The maximum atomic E-state index is 9.15. The number of rotatable bonds is 3. The predicted octanol–water partition coefficient (Wildman–Crippen LogP) is 0.248. The van der Waals surface area contributed by atoms with Crippen LogP contribution in [0.2, 0.25) is 0 Å². The fraction of sp³-hybridized carbons (Fsp3) is 0.462. The monoisotopic (exact) mass is 248 g/mol. The minimum Gasteiger partial charge on any atom is -0.394 e. The maximum Gasteiger partial charge on any atom is 0.101 e. The molecule has 1 unspecified atom stereocenters. The van der Waals surface area contributed by atoms with E-state index in [2.05, 4.69) is 6.07 Å². The lowest BCUT2D eigenvalue weighted by molar-refractivity contribution is 0.00355. The second kappa shape index (κ2) is 5.83. The van der Waals surface area contributed by atoms with E-state index < -0.39 is 0 Å². The minimum absolute atomic E-state index is 0.0207. The van der Waals surface area contributed by atoms with E-state index in [1.165, 1.54) is 0 Å². The molecule has 0 spiro atoms. The first-order valence-electron chi connectivity index (χ1n) is 5.89. The molecule has 1 aromatic carbocycles. The zero-order valence-corrected chi connectivity index (χ0v) is 10.0. The highest BCUT2D eigenvalue weighted by atomic mass is 16.5. The van der Waals surface area contributed by atoms with Gasteiger partial charge in [-0.25, -0.2) is 0 Å². The van der Waals surface area contributed by atoms with Crippen molar-refractivity contribution < 1.29 is 14.9 Å². The topological polar surface area (TPSA) is 76.7 Å². The van der Waals surface area contributed by atoms with Crippen LogP contribution in [0.3, 0.4) is 0 Å². The van der Waals surface area contributed by atoms with Gasteiger partial charge in [0, 0.05) is 13.1 Å². The Morgan fingerprint density at radius 2 is 2.28 bits per heavy atom. The van der Waals surface area contributed by atoms with Gasteiger partial charge in [0.1, 0.15) is 6.07 Å². The Kier molecular flexibility index (Phi) is 4.15. The number of hydrogen-bond acceptors (Lipinski definition) is 5. The van der Waals surface area contributed by atoms with Crippen LogP contribution >= 0.6 is 0 Å². The molecule has 2 N–H and O–H groups in total. The summed E-state index contributed by atoms with van der Waals surface area (Å²) in [4.78, 5) is 2.03. The van der Waals surface area contributed by atoms with E-state index in [-0.39, 0.29) is 19.3 Å². The summed E-state index contributed by atoms with van der Waals surface area (Å²) in [6.07, 6.45) is -0.206. The van der Waals surface area contributed by atoms with Gasteiger partial charge in [0.2, 0.25) is 0 Å². The molecule has 1 heterocycles. The van der Waals surface area contributed by atoms with Gasteiger partial charge in [0.25, 0.3) is 0 Å². The average molecular weight is 248 g/mol. The molecule has 0 bridgehead atoms. The average Bonchev–Trinajstić information content (AvgIpc) is 2.46. The first kappa shape index (κ1) is 12.8. The fourth-order valence-electron chi connectivity index (χ4n) is 2.10. The van der Waals surface area contributed by atoms with E-state index in [4.69, 9.17) is 20.2 Å². The van der Waals surface area contributed by atoms with Crippen LogP contribution in [0.4, 0.5) is 5.69 Å². The van der Waals surface area contributed by atoms with Crippen LogP contribution in [0.25, 0.3) is 0 Å². The van der Waals surface area contributed by atoms with Crippen LogP contribution in [0.15, 0.2) is 18.2 Å². The molecule has 2 rings (SSSR count). The fourth-order valence-corrected chi connectivity index (χ4v) is 2.10. The molecule has 96 valence electrons. The van der Waals surface area contributed by atoms with E-state index in [1.54, 1.807) is 12.1 Å². The van der Waals surface area contributed by atoms with Crippen LogP contribution in [-0.4, -0.2) is 42.6 Å². The van der Waals surface area contributed by atoms with Gasteiger partial charge in [-0.15, -0.1) is 0 Å². The molecular weight excluding hydrogens is 232 g/mol. The Hall–Kier alpha value is -1.61. The number of anilines is 1. The van der Waals surface area contributed by atoms with Gasteiger partial charge >= 0.3 is 0 Å². The zero-order valence-electron chi connectivity index (χ0n) is 10.0. The molecule has 1 aliphatic rings. The Labute approximate surface area is 106 Å². The SMILES string of the molecule is N#Cc1cc(CO)ccc1N1CCOC(CO)C1. The van der Waals surface area contributed by atoms with Gasteiger partial charge in [0.15, 0.2) is 0 Å². The Morgan fingerprint density at radius 1 is 1.44 bits per heavy atom. The predicted molar refractivity (Wildman–Crippen MR) is 66.1 cm³/mol. The molecule has 1 fully saturated rings. The summed E-state index contributed by atoms with van der Waals surface area (Å²) < 4.78 is 5.38. The van der Waals surface area contributed by atoms with E-state index in [9.17, 15) is 0 Å². The summed E-state index contributed by atoms with van der Waals surface area (Å²) in [6, 6.07) is 7.48. The Morgan fingerprint density at radius 3 is 2.94 bits per heavy atom. The normalized spacial score (nSPS) is 19.6. The second-order valence-corrected chi connectivity index (χ2v) is 4.24. The summed E-state index contributed by atoms with van der Waals surface area (Å²) in [5.41, 5.74) is 2.10. The van der Waals surface area contributed by atoms with Crippen molar-refractivity contribution in [2.24, 2.45) is 0 Å². The summed E-state index contributed by atoms with van der Waals surface area (Å²) in [6.45, 7) is 1.72. The highest BCUT2D eigenvalue weighted by Crippen LogP contribution is 2.23. The van der Waals surface area contributed by atoms with Gasteiger partial charge in [-0.05, 0) is 17.7 Å². The zero-order chi connectivity index (χ0) is 13.0. The smallest absolute Gasteiger partial charge is 0.101 e. The largest absolute Gasteiger partial charge is 0.394 e. The van der Waals surface area contributed by atoms with Gasteiger partial charge in [-0.2, -0.15) is 5.26 Å². The second-order valence-electron chi connectivity index (χ2n) is 4.24. The highest BCUT2D eigenvalue weighted by molar-refractivity contribution is 5.60. The van der Waals surface area contributed by atoms with Crippen LogP contribution in [-0.2, 0) is 11.3 Å². The quantitative estimate of drug-likeness (QED) is 0.801.